The Hall–Kier alpha value is 0.0500. The van der Waals surface area contributed by atoms with Gasteiger partial charge in [0.15, 0.2) is 0 Å². The van der Waals surface area contributed by atoms with Crippen molar-refractivity contribution in [3.8, 4) is 0 Å². The molecule has 7 heavy (non-hydrogen) atoms. The molecule has 1 rings (SSSR count). The fraction of sp³-hybridized carbons (Fsp3) is 0.600. The molecule has 0 spiro atoms. The smallest absolute Gasteiger partial charge is 0.0689 e. The lowest BCUT2D eigenvalue weighted by atomic mass is 10.3. The molecule has 40 valence electrons. The van der Waals surface area contributed by atoms with E-state index in [1.165, 1.54) is 0 Å². The maximum atomic E-state index is 4.16. The molecule has 0 amide bonds. The van der Waals surface area contributed by atoms with Crippen LogP contribution in [0.15, 0.2) is 12.2 Å². The minimum atomic E-state index is 0.300. The standard InChI is InChI=1S/C5H9NS/c7-5-3-1-2-4-6-5/h1,3,5-7H,2,4H2/t5-/m0/s1. The number of rotatable bonds is 0. The summed E-state index contributed by atoms with van der Waals surface area (Å²) in [5, 5.41) is 3.46. The van der Waals surface area contributed by atoms with E-state index in [9.17, 15) is 0 Å². The van der Waals surface area contributed by atoms with Crippen LogP contribution in [0.4, 0.5) is 0 Å². The molecular formula is C5H9NS. The highest BCUT2D eigenvalue weighted by atomic mass is 32.1. The van der Waals surface area contributed by atoms with Crippen LogP contribution in [0.25, 0.3) is 0 Å². The topological polar surface area (TPSA) is 12.0 Å². The lowest BCUT2D eigenvalue weighted by Crippen LogP contribution is -2.25. The van der Waals surface area contributed by atoms with E-state index in [1.54, 1.807) is 0 Å². The van der Waals surface area contributed by atoms with Gasteiger partial charge in [-0.25, -0.2) is 0 Å². The zero-order chi connectivity index (χ0) is 5.11. The molecule has 1 aliphatic heterocycles. The SMILES string of the molecule is S[C@H]1C=CCCN1. The molecule has 0 aromatic carbocycles. The first-order valence-corrected chi connectivity index (χ1v) is 2.99. The number of thiol groups is 1. The Morgan fingerprint density at radius 2 is 2.57 bits per heavy atom. The van der Waals surface area contributed by atoms with Gasteiger partial charge in [-0.2, -0.15) is 12.6 Å². The van der Waals surface area contributed by atoms with E-state index in [1.807, 2.05) is 0 Å². The van der Waals surface area contributed by atoms with Crippen molar-refractivity contribution in [3.05, 3.63) is 12.2 Å². The van der Waals surface area contributed by atoms with Crippen molar-refractivity contribution >= 4 is 12.6 Å². The Bertz CT molecular complexity index is 80.1. The van der Waals surface area contributed by atoms with Gasteiger partial charge >= 0.3 is 0 Å². The summed E-state index contributed by atoms with van der Waals surface area (Å²) in [4.78, 5) is 0. The Balaban J connectivity index is 2.36. The Kier molecular flexibility index (Phi) is 1.77. The van der Waals surface area contributed by atoms with Gasteiger partial charge < -0.3 is 5.32 Å². The fourth-order valence-electron chi connectivity index (χ4n) is 0.608. The summed E-state index contributed by atoms with van der Waals surface area (Å²) in [6, 6.07) is 0. The molecule has 1 aliphatic rings. The fourth-order valence-corrected chi connectivity index (χ4v) is 0.859. The van der Waals surface area contributed by atoms with Gasteiger partial charge in [-0.05, 0) is 13.0 Å². The van der Waals surface area contributed by atoms with Gasteiger partial charge in [0.05, 0.1) is 5.37 Å². The number of nitrogens with one attached hydrogen (secondary N) is 1. The zero-order valence-corrected chi connectivity index (χ0v) is 4.99. The predicted octanol–water partition coefficient (Wildman–Crippen LogP) is 0.792. The lowest BCUT2D eigenvalue weighted by molar-refractivity contribution is 0.700. The van der Waals surface area contributed by atoms with Crippen LogP contribution < -0.4 is 5.32 Å². The third-order valence-electron chi connectivity index (χ3n) is 0.983. The van der Waals surface area contributed by atoms with E-state index in [-0.39, 0.29) is 0 Å². The molecular weight excluding hydrogens is 106 g/mol. The molecule has 0 radical (unpaired) electrons. The monoisotopic (exact) mass is 115 g/mol. The summed E-state index contributed by atoms with van der Waals surface area (Å²) < 4.78 is 0. The Morgan fingerprint density at radius 1 is 1.71 bits per heavy atom. The average molecular weight is 115 g/mol. The normalized spacial score (nSPS) is 30.7. The van der Waals surface area contributed by atoms with Gasteiger partial charge in [0, 0.05) is 0 Å². The molecule has 1 atom stereocenters. The summed E-state index contributed by atoms with van der Waals surface area (Å²) in [5.41, 5.74) is 0. The minimum Gasteiger partial charge on any atom is -0.302 e. The zero-order valence-electron chi connectivity index (χ0n) is 4.09. The largest absolute Gasteiger partial charge is 0.302 e. The van der Waals surface area contributed by atoms with Crippen molar-refractivity contribution < 1.29 is 0 Å². The highest BCUT2D eigenvalue weighted by molar-refractivity contribution is 7.81. The van der Waals surface area contributed by atoms with Crippen LogP contribution in [0.3, 0.4) is 0 Å². The summed E-state index contributed by atoms with van der Waals surface area (Å²) in [6.07, 6.45) is 5.36. The predicted molar refractivity (Wildman–Crippen MR) is 34.5 cm³/mol. The van der Waals surface area contributed by atoms with E-state index in [4.69, 9.17) is 0 Å². The van der Waals surface area contributed by atoms with Crippen molar-refractivity contribution in [1.82, 2.24) is 5.32 Å². The summed E-state index contributed by atoms with van der Waals surface area (Å²) >= 11 is 4.16. The Morgan fingerprint density at radius 3 is 2.86 bits per heavy atom. The molecule has 1 nitrogen and oxygen atoms in total. The molecule has 0 aliphatic carbocycles. The first kappa shape index (κ1) is 5.19. The third-order valence-corrected chi connectivity index (χ3v) is 1.34. The van der Waals surface area contributed by atoms with Gasteiger partial charge in [0.25, 0.3) is 0 Å². The molecule has 0 unspecified atom stereocenters. The highest BCUT2D eigenvalue weighted by Gasteiger charge is 1.97. The minimum absolute atomic E-state index is 0.300. The van der Waals surface area contributed by atoms with Crippen LogP contribution in [-0.2, 0) is 0 Å². The van der Waals surface area contributed by atoms with Crippen LogP contribution in [0.1, 0.15) is 6.42 Å². The van der Waals surface area contributed by atoms with Crippen LogP contribution >= 0.6 is 12.6 Å². The summed E-state index contributed by atoms with van der Waals surface area (Å²) in [7, 11) is 0. The van der Waals surface area contributed by atoms with Crippen molar-refractivity contribution in [1.29, 1.82) is 0 Å². The van der Waals surface area contributed by atoms with Gasteiger partial charge in [-0.1, -0.05) is 12.2 Å². The van der Waals surface area contributed by atoms with Gasteiger partial charge in [-0.3, -0.25) is 0 Å². The van der Waals surface area contributed by atoms with Gasteiger partial charge in [0.2, 0.25) is 0 Å². The first-order valence-electron chi connectivity index (χ1n) is 2.48. The van der Waals surface area contributed by atoms with Crippen LogP contribution in [0.5, 0.6) is 0 Å². The summed E-state index contributed by atoms with van der Waals surface area (Å²) in [5.74, 6) is 0. The summed E-state index contributed by atoms with van der Waals surface area (Å²) in [6.45, 7) is 1.07. The quantitative estimate of drug-likeness (QED) is 0.351. The molecule has 0 aromatic rings. The van der Waals surface area contributed by atoms with Crippen LogP contribution in [0, 0.1) is 0 Å². The number of hydrogen-bond donors (Lipinski definition) is 2. The van der Waals surface area contributed by atoms with E-state index < -0.39 is 0 Å². The average Bonchev–Trinajstić information content (AvgIpc) is 1.69. The van der Waals surface area contributed by atoms with E-state index in [2.05, 4.69) is 30.1 Å². The molecule has 0 bridgehead atoms. The van der Waals surface area contributed by atoms with Crippen molar-refractivity contribution in [2.45, 2.75) is 11.8 Å². The molecule has 1 N–H and O–H groups in total. The first-order chi connectivity index (χ1) is 3.39. The second-order valence-corrected chi connectivity index (χ2v) is 2.17. The van der Waals surface area contributed by atoms with E-state index >= 15 is 0 Å². The molecule has 1 heterocycles. The van der Waals surface area contributed by atoms with Crippen LogP contribution in [0.2, 0.25) is 0 Å². The van der Waals surface area contributed by atoms with Gasteiger partial charge in [0.1, 0.15) is 0 Å². The molecule has 0 aromatic heterocycles. The highest BCUT2D eigenvalue weighted by Crippen LogP contribution is 1.98. The van der Waals surface area contributed by atoms with Gasteiger partial charge in [-0.15, -0.1) is 0 Å². The third kappa shape index (κ3) is 1.53. The second kappa shape index (κ2) is 2.38. The molecule has 0 saturated heterocycles. The van der Waals surface area contributed by atoms with Crippen LogP contribution in [-0.4, -0.2) is 11.9 Å². The molecule has 2 heteroatoms. The molecule has 0 fully saturated rings. The molecule has 0 saturated carbocycles. The van der Waals surface area contributed by atoms with Crippen molar-refractivity contribution in [2.75, 3.05) is 6.54 Å². The lowest BCUT2D eigenvalue weighted by Gasteiger charge is -2.10. The Labute approximate surface area is 49.2 Å². The van der Waals surface area contributed by atoms with E-state index in [0.29, 0.717) is 5.37 Å². The van der Waals surface area contributed by atoms with Crippen molar-refractivity contribution in [2.24, 2.45) is 0 Å². The maximum Gasteiger partial charge on any atom is 0.0689 e. The van der Waals surface area contributed by atoms with Crippen molar-refractivity contribution in [3.63, 3.8) is 0 Å². The van der Waals surface area contributed by atoms with E-state index in [0.717, 1.165) is 13.0 Å². The maximum absolute atomic E-state index is 4.16. The number of hydrogen-bond acceptors (Lipinski definition) is 2. The second-order valence-electron chi connectivity index (χ2n) is 1.62.